The molecule has 3 rings (SSSR count). The highest BCUT2D eigenvalue weighted by atomic mass is 16.6. The average molecular weight is 302 g/mol. The Hall–Kier alpha value is -2.37. The van der Waals surface area contributed by atoms with Crippen LogP contribution in [0.15, 0.2) is 28.7 Å². The molecular weight excluding hydrogens is 284 g/mol. The van der Waals surface area contributed by atoms with E-state index in [-0.39, 0.29) is 11.9 Å². The molecule has 1 atom stereocenters. The number of aromatic nitrogens is 2. The minimum atomic E-state index is -0.535. The molecule has 22 heavy (non-hydrogen) atoms. The first kappa shape index (κ1) is 14.6. The normalized spacial score (nSPS) is 15.9. The fourth-order valence-corrected chi connectivity index (χ4v) is 2.21. The smallest absolute Gasteiger partial charge is 0.309 e. The minimum Gasteiger partial charge on any atom is -0.497 e. The lowest BCUT2D eigenvalue weighted by Crippen LogP contribution is -2.25. The first-order valence-corrected chi connectivity index (χ1v) is 7.35. The average Bonchev–Trinajstić information content (AvgIpc) is 2.95. The van der Waals surface area contributed by atoms with E-state index in [2.05, 4.69) is 10.2 Å². The zero-order valence-corrected chi connectivity index (χ0v) is 12.6. The van der Waals surface area contributed by atoms with Crippen molar-refractivity contribution >= 4 is 5.97 Å². The summed E-state index contributed by atoms with van der Waals surface area (Å²) in [7, 11) is 1.61. The van der Waals surface area contributed by atoms with Gasteiger partial charge >= 0.3 is 5.97 Å². The van der Waals surface area contributed by atoms with E-state index in [4.69, 9.17) is 13.9 Å². The number of ether oxygens (including phenoxy) is 2. The van der Waals surface area contributed by atoms with Crippen LogP contribution in [-0.2, 0) is 9.53 Å². The minimum absolute atomic E-state index is 0.0337. The number of hydrogen-bond acceptors (Lipinski definition) is 6. The molecule has 0 radical (unpaired) electrons. The van der Waals surface area contributed by atoms with E-state index < -0.39 is 6.10 Å². The third-order valence-electron chi connectivity index (χ3n) is 3.86. The second-order valence-electron chi connectivity index (χ2n) is 5.38. The lowest BCUT2D eigenvalue weighted by molar-refractivity contribution is -0.157. The monoisotopic (exact) mass is 302 g/mol. The van der Waals surface area contributed by atoms with Crippen LogP contribution in [0.2, 0.25) is 0 Å². The molecule has 1 heterocycles. The van der Waals surface area contributed by atoms with E-state index in [0.717, 1.165) is 30.6 Å². The molecule has 1 aromatic carbocycles. The lowest BCUT2D eigenvalue weighted by Gasteiger charge is -2.24. The van der Waals surface area contributed by atoms with Gasteiger partial charge in [0.2, 0.25) is 5.89 Å². The van der Waals surface area contributed by atoms with Crippen LogP contribution < -0.4 is 4.74 Å². The van der Waals surface area contributed by atoms with Gasteiger partial charge in [-0.25, -0.2) is 0 Å². The molecular formula is C16H18N2O4. The van der Waals surface area contributed by atoms with Crippen LogP contribution in [0.4, 0.5) is 0 Å². The standard InChI is InChI=1S/C16H18N2O4/c1-10(21-16(19)12-4-3-5-12)14-17-18-15(22-14)11-6-8-13(20-2)9-7-11/h6-10,12H,3-5H2,1-2H3/t10-/m1/s1. The van der Waals surface area contributed by atoms with Crippen molar-refractivity contribution in [2.24, 2.45) is 5.92 Å². The molecule has 0 unspecified atom stereocenters. The summed E-state index contributed by atoms with van der Waals surface area (Å²) in [5.74, 6) is 1.31. The van der Waals surface area contributed by atoms with E-state index in [1.54, 1.807) is 14.0 Å². The van der Waals surface area contributed by atoms with Crippen LogP contribution in [0.1, 0.15) is 38.2 Å². The summed E-state index contributed by atoms with van der Waals surface area (Å²) < 4.78 is 16.1. The van der Waals surface area contributed by atoms with Gasteiger partial charge in [-0.15, -0.1) is 10.2 Å². The number of hydrogen-bond donors (Lipinski definition) is 0. The van der Waals surface area contributed by atoms with Gasteiger partial charge in [-0.05, 0) is 44.0 Å². The van der Waals surface area contributed by atoms with Crippen LogP contribution >= 0.6 is 0 Å². The Labute approximate surface area is 128 Å². The molecule has 1 fully saturated rings. The second-order valence-corrected chi connectivity index (χ2v) is 5.38. The van der Waals surface area contributed by atoms with Gasteiger partial charge in [0.15, 0.2) is 6.10 Å². The van der Waals surface area contributed by atoms with Gasteiger partial charge in [-0.1, -0.05) is 6.42 Å². The number of esters is 1. The molecule has 1 aliphatic rings. The molecule has 0 saturated heterocycles. The summed E-state index contributed by atoms with van der Waals surface area (Å²) in [5.41, 5.74) is 0.789. The van der Waals surface area contributed by atoms with Crippen molar-refractivity contribution in [1.29, 1.82) is 0 Å². The molecule has 6 nitrogen and oxygen atoms in total. The van der Waals surface area contributed by atoms with Gasteiger partial charge < -0.3 is 13.9 Å². The highest BCUT2D eigenvalue weighted by Gasteiger charge is 2.29. The molecule has 0 amide bonds. The van der Waals surface area contributed by atoms with Crippen LogP contribution in [0.5, 0.6) is 5.75 Å². The highest BCUT2D eigenvalue weighted by Crippen LogP contribution is 2.30. The molecule has 1 aromatic heterocycles. The van der Waals surface area contributed by atoms with Gasteiger partial charge in [0.25, 0.3) is 5.89 Å². The molecule has 0 aliphatic heterocycles. The molecule has 0 spiro atoms. The zero-order chi connectivity index (χ0) is 15.5. The van der Waals surface area contributed by atoms with Gasteiger partial charge in [0.05, 0.1) is 13.0 Å². The quantitative estimate of drug-likeness (QED) is 0.790. The first-order valence-electron chi connectivity index (χ1n) is 7.35. The molecule has 2 aromatic rings. The number of benzene rings is 1. The molecule has 6 heteroatoms. The summed E-state index contributed by atoms with van der Waals surface area (Å²) >= 11 is 0. The third-order valence-corrected chi connectivity index (χ3v) is 3.86. The number of methoxy groups -OCH3 is 1. The fraction of sp³-hybridized carbons (Fsp3) is 0.438. The largest absolute Gasteiger partial charge is 0.497 e. The summed E-state index contributed by atoms with van der Waals surface area (Å²) in [6.07, 6.45) is 2.38. The molecule has 0 N–H and O–H groups in total. The number of carbonyl (C=O) groups excluding carboxylic acids is 1. The Morgan fingerprint density at radius 3 is 2.59 bits per heavy atom. The van der Waals surface area contributed by atoms with E-state index in [1.165, 1.54) is 0 Å². The third kappa shape index (κ3) is 2.95. The van der Waals surface area contributed by atoms with Crippen molar-refractivity contribution in [3.05, 3.63) is 30.2 Å². The topological polar surface area (TPSA) is 74.5 Å². The summed E-state index contributed by atoms with van der Waals surface area (Å²) in [6.45, 7) is 1.74. The summed E-state index contributed by atoms with van der Waals surface area (Å²) in [5, 5.41) is 7.97. The van der Waals surface area contributed by atoms with Crippen molar-refractivity contribution < 1.29 is 18.7 Å². The highest BCUT2D eigenvalue weighted by molar-refractivity contribution is 5.73. The van der Waals surface area contributed by atoms with E-state index in [1.807, 2.05) is 24.3 Å². The van der Waals surface area contributed by atoms with Crippen molar-refractivity contribution in [2.75, 3.05) is 7.11 Å². The maximum absolute atomic E-state index is 11.8. The van der Waals surface area contributed by atoms with Crippen LogP contribution in [0.25, 0.3) is 11.5 Å². The summed E-state index contributed by atoms with van der Waals surface area (Å²) in [6, 6.07) is 7.31. The first-order chi connectivity index (χ1) is 10.7. The lowest BCUT2D eigenvalue weighted by atomic mass is 9.86. The maximum atomic E-state index is 11.8. The van der Waals surface area contributed by atoms with Crippen molar-refractivity contribution in [3.63, 3.8) is 0 Å². The predicted molar refractivity (Wildman–Crippen MR) is 78.1 cm³/mol. The molecule has 1 saturated carbocycles. The zero-order valence-electron chi connectivity index (χ0n) is 12.6. The van der Waals surface area contributed by atoms with Crippen LogP contribution in [0, 0.1) is 5.92 Å². The number of carbonyl (C=O) groups is 1. The molecule has 116 valence electrons. The Bertz CT molecular complexity index is 646. The van der Waals surface area contributed by atoms with Gasteiger partial charge in [-0.3, -0.25) is 4.79 Å². The Morgan fingerprint density at radius 1 is 1.27 bits per heavy atom. The summed E-state index contributed by atoms with van der Waals surface area (Å²) in [4.78, 5) is 11.8. The van der Waals surface area contributed by atoms with E-state index >= 15 is 0 Å². The van der Waals surface area contributed by atoms with Crippen LogP contribution in [-0.4, -0.2) is 23.3 Å². The molecule has 1 aliphatic carbocycles. The number of rotatable bonds is 5. The maximum Gasteiger partial charge on any atom is 0.309 e. The number of nitrogens with zero attached hydrogens (tertiary/aromatic N) is 2. The fourth-order valence-electron chi connectivity index (χ4n) is 2.21. The predicted octanol–water partition coefficient (Wildman–Crippen LogP) is 3.15. The van der Waals surface area contributed by atoms with E-state index in [9.17, 15) is 4.79 Å². The Balaban J connectivity index is 1.67. The van der Waals surface area contributed by atoms with Crippen molar-refractivity contribution in [1.82, 2.24) is 10.2 Å². The van der Waals surface area contributed by atoms with Gasteiger partial charge in [0, 0.05) is 5.56 Å². The van der Waals surface area contributed by atoms with Gasteiger partial charge in [0.1, 0.15) is 5.75 Å². The Morgan fingerprint density at radius 2 is 2.00 bits per heavy atom. The van der Waals surface area contributed by atoms with Gasteiger partial charge in [-0.2, -0.15) is 0 Å². The van der Waals surface area contributed by atoms with Crippen molar-refractivity contribution in [2.45, 2.75) is 32.3 Å². The van der Waals surface area contributed by atoms with Crippen molar-refractivity contribution in [3.8, 4) is 17.2 Å². The van der Waals surface area contributed by atoms with E-state index in [0.29, 0.717) is 11.8 Å². The Kier molecular flexibility index (Phi) is 4.09. The second kappa shape index (κ2) is 6.17. The van der Waals surface area contributed by atoms with Crippen LogP contribution in [0.3, 0.4) is 0 Å². The SMILES string of the molecule is COc1ccc(-c2nnc([C@@H](C)OC(=O)C3CCC3)o2)cc1. The molecule has 0 bridgehead atoms.